The maximum Gasteiger partial charge on any atom is 0.170 e. The summed E-state index contributed by atoms with van der Waals surface area (Å²) in [5.74, 6) is 1.59. The molecule has 6 heteroatoms. The second kappa shape index (κ2) is 7.29. The van der Waals surface area contributed by atoms with E-state index < -0.39 is 0 Å². The van der Waals surface area contributed by atoms with Gasteiger partial charge < -0.3 is 10.1 Å². The summed E-state index contributed by atoms with van der Waals surface area (Å²) in [4.78, 5) is 4.36. The van der Waals surface area contributed by atoms with E-state index in [1.807, 2.05) is 48.7 Å². The van der Waals surface area contributed by atoms with Crippen molar-refractivity contribution < 1.29 is 4.74 Å². The van der Waals surface area contributed by atoms with E-state index in [0.717, 1.165) is 59.4 Å². The lowest BCUT2D eigenvalue weighted by Gasteiger charge is -2.61. The molecule has 2 aliphatic rings. The highest BCUT2D eigenvalue weighted by molar-refractivity contribution is 6.33. The van der Waals surface area contributed by atoms with E-state index in [0.29, 0.717) is 10.4 Å². The molecule has 1 aromatic heterocycles. The Balaban J connectivity index is 1.41. The van der Waals surface area contributed by atoms with Gasteiger partial charge in [0.2, 0.25) is 0 Å². The third-order valence-electron chi connectivity index (χ3n) is 5.97. The Labute approximate surface area is 180 Å². The molecule has 0 saturated carbocycles. The molecule has 0 aliphatic carbocycles. The number of pyridine rings is 1. The molecule has 5 rings (SSSR count). The van der Waals surface area contributed by atoms with Crippen LogP contribution in [-0.2, 0) is 6.54 Å². The van der Waals surface area contributed by atoms with Gasteiger partial charge in [-0.25, -0.2) is 0 Å². The van der Waals surface area contributed by atoms with E-state index in [-0.39, 0.29) is 0 Å². The van der Waals surface area contributed by atoms with Crippen molar-refractivity contribution in [3.05, 3.63) is 82.6 Å². The average molecular weight is 427 g/mol. The van der Waals surface area contributed by atoms with Crippen molar-refractivity contribution >= 4 is 28.9 Å². The zero-order valence-electron chi connectivity index (χ0n) is 15.9. The van der Waals surface area contributed by atoms with Gasteiger partial charge in [-0.15, -0.1) is 0 Å². The number of nitrogens with zero attached hydrogens (tertiary/aromatic N) is 2. The number of hydrogen-bond acceptors (Lipinski definition) is 3. The van der Waals surface area contributed by atoms with Crippen LogP contribution in [-0.4, -0.2) is 31.2 Å². The molecule has 3 heterocycles. The minimum Gasteiger partial charge on any atom is -0.457 e. The molecule has 0 amide bonds. The second-order valence-corrected chi connectivity index (χ2v) is 9.10. The molecule has 2 aromatic carbocycles. The van der Waals surface area contributed by atoms with Crippen LogP contribution in [0.4, 0.5) is 5.69 Å². The standard InChI is InChI=1S/C23H22Cl2N3O/c24-18-4-6-19(7-5-18)29-20-3-1-2-17(10-20)12-28(15-23(16-28)13-27-14-23)22-11-26-9-8-21(22)25/h1-11,27H,12-16H2/q+1. The second-order valence-electron chi connectivity index (χ2n) is 8.25. The highest BCUT2D eigenvalue weighted by atomic mass is 35.5. The van der Waals surface area contributed by atoms with E-state index in [1.54, 1.807) is 6.20 Å². The molecule has 4 nitrogen and oxygen atoms in total. The van der Waals surface area contributed by atoms with Gasteiger partial charge >= 0.3 is 0 Å². The summed E-state index contributed by atoms with van der Waals surface area (Å²) in [7, 11) is 0. The zero-order chi connectivity index (χ0) is 19.9. The first-order valence-corrected chi connectivity index (χ1v) is 10.5. The molecule has 3 aromatic rings. The van der Waals surface area contributed by atoms with Gasteiger partial charge in [-0.05, 0) is 42.5 Å². The van der Waals surface area contributed by atoms with Crippen LogP contribution in [0.3, 0.4) is 0 Å². The molecule has 2 fully saturated rings. The molecule has 2 saturated heterocycles. The SMILES string of the molecule is Clc1ccc(Oc2cccc(C[N+]3(c4cnccc4Cl)CC4(CNC4)C3)c2)cc1. The molecule has 29 heavy (non-hydrogen) atoms. The van der Waals surface area contributed by atoms with Crippen molar-refractivity contribution in [2.24, 2.45) is 5.41 Å². The first-order chi connectivity index (χ1) is 14.1. The van der Waals surface area contributed by atoms with Gasteiger partial charge in [0.1, 0.15) is 23.1 Å². The van der Waals surface area contributed by atoms with Crippen molar-refractivity contribution in [1.82, 2.24) is 14.8 Å². The van der Waals surface area contributed by atoms with Gasteiger partial charge in [-0.1, -0.05) is 35.3 Å². The molecule has 0 unspecified atom stereocenters. The Kier molecular flexibility index (Phi) is 4.75. The minimum atomic E-state index is 0.399. The highest BCUT2D eigenvalue weighted by Crippen LogP contribution is 2.47. The number of likely N-dealkylation sites (tertiary alicyclic amines) is 1. The first-order valence-electron chi connectivity index (χ1n) is 9.75. The van der Waals surface area contributed by atoms with Gasteiger partial charge in [0, 0.05) is 29.9 Å². The van der Waals surface area contributed by atoms with Gasteiger partial charge in [-0.2, -0.15) is 0 Å². The summed E-state index contributed by atoms with van der Waals surface area (Å²) in [5, 5.41) is 4.91. The van der Waals surface area contributed by atoms with E-state index >= 15 is 0 Å². The summed E-state index contributed by atoms with van der Waals surface area (Å²) < 4.78 is 6.86. The third-order valence-corrected chi connectivity index (χ3v) is 6.54. The van der Waals surface area contributed by atoms with Crippen LogP contribution >= 0.6 is 23.2 Å². The summed E-state index contributed by atoms with van der Waals surface area (Å²) in [5.41, 5.74) is 2.73. The Morgan fingerprint density at radius 1 is 1.00 bits per heavy atom. The molecule has 0 bridgehead atoms. The molecular formula is C23H22Cl2N3O+. The summed E-state index contributed by atoms with van der Waals surface area (Å²) in [6.45, 7) is 5.20. The fourth-order valence-corrected chi connectivity index (χ4v) is 5.13. The molecule has 0 radical (unpaired) electrons. The number of hydrogen-bond donors (Lipinski definition) is 1. The molecule has 1 spiro atoms. The van der Waals surface area contributed by atoms with Crippen LogP contribution in [0.25, 0.3) is 0 Å². The van der Waals surface area contributed by atoms with Crippen LogP contribution < -0.4 is 14.5 Å². The molecule has 2 aliphatic heterocycles. The maximum atomic E-state index is 6.59. The Morgan fingerprint density at radius 3 is 2.48 bits per heavy atom. The van der Waals surface area contributed by atoms with Crippen molar-refractivity contribution in [2.75, 3.05) is 26.2 Å². The van der Waals surface area contributed by atoms with Crippen molar-refractivity contribution in [1.29, 1.82) is 0 Å². The predicted molar refractivity (Wildman–Crippen MR) is 118 cm³/mol. The van der Waals surface area contributed by atoms with Crippen molar-refractivity contribution in [3.8, 4) is 11.5 Å². The molecule has 0 atom stereocenters. The summed E-state index contributed by atoms with van der Waals surface area (Å²) in [6, 6.07) is 17.6. The lowest BCUT2D eigenvalue weighted by molar-refractivity contribution is -0.0386. The zero-order valence-corrected chi connectivity index (χ0v) is 17.5. The van der Waals surface area contributed by atoms with Crippen LogP contribution in [0.1, 0.15) is 5.56 Å². The van der Waals surface area contributed by atoms with E-state index in [1.165, 1.54) is 5.56 Å². The van der Waals surface area contributed by atoms with Gasteiger partial charge in [-0.3, -0.25) is 9.47 Å². The van der Waals surface area contributed by atoms with Crippen LogP contribution in [0.15, 0.2) is 67.0 Å². The fourth-order valence-electron chi connectivity index (χ4n) is 4.72. The number of aromatic nitrogens is 1. The lowest BCUT2D eigenvalue weighted by Crippen LogP contribution is -2.79. The quantitative estimate of drug-likeness (QED) is 0.562. The predicted octanol–water partition coefficient (Wildman–Crippen LogP) is 5.29. The third kappa shape index (κ3) is 3.62. The van der Waals surface area contributed by atoms with Crippen LogP contribution in [0.2, 0.25) is 10.0 Å². The Hall–Kier alpha value is -2.11. The Bertz CT molecular complexity index is 1030. The number of benzene rings is 2. The number of nitrogens with one attached hydrogen (secondary N) is 1. The average Bonchev–Trinajstić information content (AvgIpc) is 2.66. The monoisotopic (exact) mass is 426 g/mol. The van der Waals surface area contributed by atoms with Gasteiger partial charge in [0.25, 0.3) is 0 Å². The highest BCUT2D eigenvalue weighted by Gasteiger charge is 2.60. The molecular weight excluding hydrogens is 405 g/mol. The lowest BCUT2D eigenvalue weighted by atomic mass is 9.71. The van der Waals surface area contributed by atoms with Crippen LogP contribution in [0.5, 0.6) is 11.5 Å². The van der Waals surface area contributed by atoms with Crippen molar-refractivity contribution in [2.45, 2.75) is 6.54 Å². The van der Waals surface area contributed by atoms with E-state index in [9.17, 15) is 0 Å². The molecule has 1 N–H and O–H groups in total. The Morgan fingerprint density at radius 2 is 1.79 bits per heavy atom. The summed E-state index contributed by atoms with van der Waals surface area (Å²) >= 11 is 12.6. The van der Waals surface area contributed by atoms with Crippen molar-refractivity contribution in [3.63, 3.8) is 0 Å². The maximum absolute atomic E-state index is 6.59. The summed E-state index contributed by atoms with van der Waals surface area (Å²) in [6.07, 6.45) is 3.68. The smallest absolute Gasteiger partial charge is 0.170 e. The largest absolute Gasteiger partial charge is 0.457 e. The van der Waals surface area contributed by atoms with E-state index in [2.05, 4.69) is 22.4 Å². The number of halogens is 2. The molecule has 148 valence electrons. The topological polar surface area (TPSA) is 34.1 Å². The van der Waals surface area contributed by atoms with Crippen LogP contribution in [0, 0.1) is 5.41 Å². The van der Waals surface area contributed by atoms with Gasteiger partial charge in [0.15, 0.2) is 5.69 Å². The normalized spacial score (nSPS) is 18.7. The first kappa shape index (κ1) is 18.9. The van der Waals surface area contributed by atoms with Gasteiger partial charge in [0.05, 0.1) is 24.7 Å². The number of quaternary nitrogens is 1. The number of ether oxygens (including phenoxy) is 1. The minimum absolute atomic E-state index is 0.399. The fraction of sp³-hybridized carbons (Fsp3) is 0.261. The van der Waals surface area contributed by atoms with E-state index in [4.69, 9.17) is 27.9 Å². The number of rotatable bonds is 5.